The summed E-state index contributed by atoms with van der Waals surface area (Å²) < 4.78 is 6.47. The standard InChI is InChI=1S/C26H29N4.C26H31N4.C25H29N4/c1-16-11-17(2)18(3)23(12-16)25-22-10-9-21(24(22)29-15-30(25)4)20-13-27-26(28-14-20)19-7-5-6-8-19;1-16-10-17(2)18(3)22(11-16)25-21-9-8-20(24(21)29-15-30(25)7)19-13-27-23(28-14-19)12-26(4,5)6;1-15(2)9-23-26-12-19(13-27-23)20-7-8-21-24(20)28-14-29(6)25(21)22-11-16(3)10-17(4)18(22)5/h9,11-15,19H,5-8,10H2,1-4H3;8,10-11,13-15H,9,12H2,1-7H3;7,10-15H,8-9H2,1-6H3/q3*+1. The predicted octanol–water partition coefficient (Wildman–Crippen LogP) is 14.3. The number of allylic oxidation sites excluding steroid dienone is 3. The van der Waals surface area contributed by atoms with E-state index in [1.54, 1.807) is 0 Å². The molecular formula is C77H89N12+3. The van der Waals surface area contributed by atoms with Crippen LogP contribution >= 0.6 is 0 Å². The van der Waals surface area contributed by atoms with Gasteiger partial charge in [-0.05, 0) is 153 Å². The van der Waals surface area contributed by atoms with Gasteiger partial charge < -0.3 is 0 Å². The molecule has 4 aliphatic carbocycles. The van der Waals surface area contributed by atoms with Crippen LogP contribution in [0.15, 0.2) is 111 Å². The molecule has 0 amide bonds. The van der Waals surface area contributed by atoms with Crippen molar-refractivity contribution < 1.29 is 13.7 Å². The Morgan fingerprint density at radius 1 is 0.438 bits per heavy atom. The Kier molecular flexibility index (Phi) is 17.7. The number of rotatable bonds is 10. The molecule has 0 radical (unpaired) electrons. The van der Waals surface area contributed by atoms with Gasteiger partial charge in [-0.25, -0.2) is 43.6 Å². The van der Waals surface area contributed by atoms with Gasteiger partial charge in [0.25, 0.3) is 19.0 Å². The minimum Gasteiger partial charge on any atom is -0.241 e. The van der Waals surface area contributed by atoms with Crippen LogP contribution in [-0.2, 0) is 53.2 Å². The molecule has 0 saturated heterocycles. The zero-order chi connectivity index (χ0) is 63.2. The normalized spacial score (nSPS) is 14.2. The predicted molar refractivity (Wildman–Crippen MR) is 357 cm³/mol. The zero-order valence-corrected chi connectivity index (χ0v) is 55.8. The molecule has 89 heavy (non-hydrogen) atoms. The zero-order valence-electron chi connectivity index (χ0n) is 55.8. The lowest BCUT2D eigenvalue weighted by Gasteiger charge is -2.16. The van der Waals surface area contributed by atoms with Crippen molar-refractivity contribution in [2.75, 3.05) is 0 Å². The summed E-state index contributed by atoms with van der Waals surface area (Å²) in [6.07, 6.45) is 33.9. The van der Waals surface area contributed by atoms with E-state index in [4.69, 9.17) is 24.9 Å². The molecule has 6 heterocycles. The molecule has 1 saturated carbocycles. The monoisotopic (exact) mass is 1180 g/mol. The third-order valence-corrected chi connectivity index (χ3v) is 18.4. The molecule has 0 aliphatic heterocycles. The maximum atomic E-state index is 4.82. The summed E-state index contributed by atoms with van der Waals surface area (Å²) in [6, 6.07) is 13.6. The molecule has 9 aromatic rings. The number of fused-ring (bicyclic) bond motifs is 3. The third-order valence-electron chi connectivity index (χ3n) is 18.4. The first-order valence-corrected chi connectivity index (χ1v) is 31.9. The van der Waals surface area contributed by atoms with E-state index in [0.717, 1.165) is 100 Å². The van der Waals surface area contributed by atoms with Gasteiger partial charge in [0.05, 0.1) is 37.8 Å². The van der Waals surface area contributed by atoms with Crippen LogP contribution in [0.25, 0.3) is 50.5 Å². The quantitative estimate of drug-likeness (QED) is 0.123. The first-order chi connectivity index (χ1) is 42.5. The Balaban J connectivity index is 0.000000138. The van der Waals surface area contributed by atoms with Crippen molar-refractivity contribution in [3.63, 3.8) is 0 Å². The lowest BCUT2D eigenvalue weighted by Crippen LogP contribution is -2.33. The molecule has 0 spiro atoms. The molecule has 0 N–H and O–H groups in total. The third kappa shape index (κ3) is 13.0. The van der Waals surface area contributed by atoms with Gasteiger partial charge >= 0.3 is 0 Å². The second-order valence-electron chi connectivity index (χ2n) is 27.2. The van der Waals surface area contributed by atoms with Crippen LogP contribution in [0.3, 0.4) is 0 Å². The minimum atomic E-state index is 0.176. The van der Waals surface area contributed by atoms with Gasteiger partial charge in [-0.3, -0.25) is 0 Å². The lowest BCUT2D eigenvalue weighted by atomic mass is 9.92. The first-order valence-electron chi connectivity index (χ1n) is 31.9. The molecule has 6 aromatic heterocycles. The van der Waals surface area contributed by atoms with Gasteiger partial charge in [-0.1, -0.05) is 101 Å². The molecule has 12 heteroatoms. The summed E-state index contributed by atoms with van der Waals surface area (Å²) in [5, 5.41) is 0. The van der Waals surface area contributed by atoms with E-state index in [2.05, 4.69) is 206 Å². The smallest absolute Gasteiger partial charge is 0.241 e. The van der Waals surface area contributed by atoms with Crippen LogP contribution in [0.4, 0.5) is 0 Å². The lowest BCUT2D eigenvalue weighted by molar-refractivity contribution is -0.664. The number of hydrogen-bond acceptors (Lipinski definition) is 9. The fourth-order valence-electron chi connectivity index (χ4n) is 13.6. The molecule has 454 valence electrons. The van der Waals surface area contributed by atoms with Crippen molar-refractivity contribution in [1.82, 2.24) is 44.9 Å². The summed E-state index contributed by atoms with van der Waals surface area (Å²) in [7, 11) is 6.26. The SMILES string of the molecule is Cc1cc(C)c(C)c(-c2c3c(nc[n+]2C)C(c2cnc(C4CCCC4)nc2)=CC3)c1.Cc1cc(C)c(C)c(-c2c3c(nc[n+]2C)C(c2cnc(CC(C)(C)C)nc2)=CC3)c1.Cc1cc(C)c(C)c(-c2c3c(nc[n+]2C)C(c2cnc(CC(C)C)nc2)=CC3)c1. The molecule has 13 rings (SSSR count). The van der Waals surface area contributed by atoms with Crippen molar-refractivity contribution in [1.29, 1.82) is 0 Å². The van der Waals surface area contributed by atoms with Crippen LogP contribution in [-0.4, -0.2) is 44.9 Å². The highest BCUT2D eigenvalue weighted by atomic mass is 15.0. The van der Waals surface area contributed by atoms with Crippen molar-refractivity contribution >= 4 is 16.7 Å². The summed E-state index contributed by atoms with van der Waals surface area (Å²) in [4.78, 5) is 42.3. The highest BCUT2D eigenvalue weighted by molar-refractivity contribution is 5.88. The van der Waals surface area contributed by atoms with Gasteiger partial charge in [0.15, 0.2) is 17.1 Å². The molecule has 12 nitrogen and oxygen atoms in total. The maximum absolute atomic E-state index is 4.82. The maximum Gasteiger partial charge on any atom is 0.287 e. The Labute approximate surface area is 528 Å². The van der Waals surface area contributed by atoms with E-state index in [-0.39, 0.29) is 5.41 Å². The van der Waals surface area contributed by atoms with Gasteiger partial charge in [0, 0.05) is 125 Å². The van der Waals surface area contributed by atoms with Crippen molar-refractivity contribution in [2.45, 2.75) is 161 Å². The molecule has 3 aromatic carbocycles. The number of nitrogens with zero attached hydrogens (tertiary/aromatic N) is 12. The summed E-state index contributed by atoms with van der Waals surface area (Å²) in [5.41, 5.74) is 33.3. The van der Waals surface area contributed by atoms with Gasteiger partial charge in [-0.15, -0.1) is 0 Å². The van der Waals surface area contributed by atoms with E-state index < -0.39 is 0 Å². The second-order valence-corrected chi connectivity index (χ2v) is 27.2. The summed E-state index contributed by atoms with van der Waals surface area (Å²) in [5.74, 6) is 3.90. The Bertz CT molecular complexity index is 4290. The molecule has 0 bridgehead atoms. The van der Waals surface area contributed by atoms with Crippen molar-refractivity contribution in [2.24, 2.45) is 32.5 Å². The van der Waals surface area contributed by atoms with Crippen LogP contribution in [0.5, 0.6) is 0 Å². The molecular weight excluding hydrogens is 1090 g/mol. The van der Waals surface area contributed by atoms with Crippen LogP contribution < -0.4 is 13.7 Å². The van der Waals surface area contributed by atoms with Gasteiger partial charge in [0.1, 0.15) is 34.6 Å². The minimum absolute atomic E-state index is 0.176. The second kappa shape index (κ2) is 25.5. The fraction of sp³-hybridized carbons (Fsp3) is 0.377. The van der Waals surface area contributed by atoms with Crippen LogP contribution in [0, 0.1) is 73.6 Å². The molecule has 4 aliphatic rings. The highest BCUT2D eigenvalue weighted by Gasteiger charge is 2.33. The number of benzene rings is 3. The van der Waals surface area contributed by atoms with E-state index >= 15 is 0 Å². The highest BCUT2D eigenvalue weighted by Crippen LogP contribution is 2.41. The topological polar surface area (TPSA) is 128 Å². The molecule has 0 unspecified atom stereocenters. The van der Waals surface area contributed by atoms with E-state index in [1.165, 1.54) is 126 Å². The van der Waals surface area contributed by atoms with E-state index in [0.29, 0.717) is 11.8 Å². The number of aryl methyl sites for hydroxylation is 9. The average molecular weight is 1180 g/mol. The Hall–Kier alpha value is -8.64. The molecule has 1 fully saturated rings. The summed E-state index contributed by atoms with van der Waals surface area (Å²) in [6.45, 7) is 30.7. The fourth-order valence-corrected chi connectivity index (χ4v) is 13.6. The summed E-state index contributed by atoms with van der Waals surface area (Å²) >= 11 is 0. The van der Waals surface area contributed by atoms with Crippen molar-refractivity contribution in [3.8, 4) is 33.8 Å². The van der Waals surface area contributed by atoms with Crippen molar-refractivity contribution in [3.05, 3.63) is 229 Å². The average Bonchev–Trinajstić information content (AvgIpc) is 2.18. The van der Waals surface area contributed by atoms with Crippen LogP contribution in [0.2, 0.25) is 0 Å². The Morgan fingerprint density at radius 3 is 1.09 bits per heavy atom. The van der Waals surface area contributed by atoms with Crippen LogP contribution in [0.1, 0.15) is 184 Å². The Morgan fingerprint density at radius 2 is 0.764 bits per heavy atom. The first kappa shape index (κ1) is 62.0. The number of hydrogen-bond donors (Lipinski definition) is 0. The number of aromatic nitrogens is 12. The van der Waals surface area contributed by atoms with Gasteiger partial charge in [0.2, 0.25) is 0 Å². The van der Waals surface area contributed by atoms with E-state index in [1.807, 2.05) is 56.2 Å². The van der Waals surface area contributed by atoms with E-state index in [9.17, 15) is 0 Å². The van der Waals surface area contributed by atoms with Gasteiger partial charge in [-0.2, -0.15) is 0 Å². The largest absolute Gasteiger partial charge is 0.287 e. The molecule has 0 atom stereocenters.